The molecule has 1 fully saturated rings. The normalized spacial score (nSPS) is 18.5. The first-order chi connectivity index (χ1) is 7.27. The van der Waals surface area contributed by atoms with Crippen LogP contribution < -0.4 is 5.32 Å². The van der Waals surface area contributed by atoms with Gasteiger partial charge >= 0.3 is 0 Å². The van der Waals surface area contributed by atoms with Crippen LogP contribution in [0, 0.1) is 5.82 Å². The number of rotatable bonds is 4. The summed E-state index contributed by atoms with van der Waals surface area (Å²) in [5.41, 5.74) is 1.22. The molecule has 82 valence electrons. The summed E-state index contributed by atoms with van der Waals surface area (Å²) in [6.07, 6.45) is 0. The summed E-state index contributed by atoms with van der Waals surface area (Å²) in [4.78, 5) is 0. The van der Waals surface area contributed by atoms with Gasteiger partial charge in [-0.15, -0.1) is 0 Å². The maximum absolute atomic E-state index is 12.8. The highest BCUT2D eigenvalue weighted by molar-refractivity contribution is 5.29. The number of halogens is 1. The van der Waals surface area contributed by atoms with E-state index in [1.165, 1.54) is 12.1 Å². The predicted molar refractivity (Wildman–Crippen MR) is 57.4 cm³/mol. The number of benzene rings is 1. The van der Waals surface area contributed by atoms with E-state index in [-0.39, 0.29) is 11.2 Å². The monoisotopic (exact) mass is 209 g/mol. The quantitative estimate of drug-likeness (QED) is 0.815. The molecular formula is C12H16FNO. The molecule has 0 amide bonds. The fourth-order valence-electron chi connectivity index (χ4n) is 1.89. The van der Waals surface area contributed by atoms with Gasteiger partial charge in [0.15, 0.2) is 0 Å². The lowest BCUT2D eigenvalue weighted by molar-refractivity contribution is -0.0588. The fraction of sp³-hybridized carbons (Fsp3) is 0.500. The van der Waals surface area contributed by atoms with Crippen LogP contribution in [0.5, 0.6) is 0 Å². The summed E-state index contributed by atoms with van der Waals surface area (Å²) in [7, 11) is 0. The molecule has 0 atom stereocenters. The zero-order valence-electron chi connectivity index (χ0n) is 8.92. The van der Waals surface area contributed by atoms with Gasteiger partial charge in [0, 0.05) is 6.54 Å². The lowest BCUT2D eigenvalue weighted by atomic mass is 9.78. The average Bonchev–Trinajstić information content (AvgIpc) is 2.19. The van der Waals surface area contributed by atoms with E-state index in [4.69, 9.17) is 4.74 Å². The Bertz CT molecular complexity index is 319. The molecule has 1 saturated heterocycles. The van der Waals surface area contributed by atoms with Crippen LogP contribution in [0.2, 0.25) is 0 Å². The van der Waals surface area contributed by atoms with Crippen LogP contribution in [0.1, 0.15) is 12.5 Å². The van der Waals surface area contributed by atoms with Gasteiger partial charge in [0.05, 0.1) is 18.6 Å². The number of nitrogens with one attached hydrogen (secondary N) is 1. The van der Waals surface area contributed by atoms with E-state index < -0.39 is 0 Å². The Balaban J connectivity index is 2.14. The molecule has 1 aliphatic heterocycles. The van der Waals surface area contributed by atoms with Crippen molar-refractivity contribution >= 4 is 0 Å². The molecule has 0 saturated carbocycles. The molecule has 0 aromatic heterocycles. The Morgan fingerprint density at radius 1 is 1.33 bits per heavy atom. The predicted octanol–water partition coefficient (Wildman–Crippen LogP) is 1.70. The summed E-state index contributed by atoms with van der Waals surface area (Å²) < 4.78 is 18.1. The summed E-state index contributed by atoms with van der Waals surface area (Å²) in [6.45, 7) is 5.38. The largest absolute Gasteiger partial charge is 0.379 e. The van der Waals surface area contributed by atoms with Crippen molar-refractivity contribution in [3.05, 3.63) is 35.6 Å². The third kappa shape index (κ3) is 2.03. The minimum atomic E-state index is -0.183. The summed E-state index contributed by atoms with van der Waals surface area (Å²) in [5, 5.41) is 3.33. The highest BCUT2D eigenvalue weighted by Gasteiger charge is 2.39. The van der Waals surface area contributed by atoms with Crippen molar-refractivity contribution in [3.63, 3.8) is 0 Å². The van der Waals surface area contributed by atoms with Crippen LogP contribution in [0.25, 0.3) is 0 Å². The first-order valence-corrected chi connectivity index (χ1v) is 5.31. The molecular weight excluding hydrogens is 193 g/mol. The Morgan fingerprint density at radius 2 is 2.00 bits per heavy atom. The van der Waals surface area contributed by atoms with Gasteiger partial charge in [-0.25, -0.2) is 4.39 Å². The van der Waals surface area contributed by atoms with E-state index >= 15 is 0 Å². The zero-order chi connectivity index (χ0) is 10.7. The van der Waals surface area contributed by atoms with Gasteiger partial charge in [-0.05, 0) is 24.2 Å². The topological polar surface area (TPSA) is 21.3 Å². The van der Waals surface area contributed by atoms with Gasteiger partial charge < -0.3 is 10.1 Å². The van der Waals surface area contributed by atoms with Crippen LogP contribution in [-0.4, -0.2) is 26.3 Å². The third-order valence-electron chi connectivity index (χ3n) is 2.93. The molecule has 0 aliphatic carbocycles. The van der Waals surface area contributed by atoms with Crippen LogP contribution in [0.3, 0.4) is 0 Å². The molecule has 1 aromatic rings. The van der Waals surface area contributed by atoms with E-state index in [0.29, 0.717) is 0 Å². The molecule has 0 spiro atoms. The van der Waals surface area contributed by atoms with E-state index in [1.807, 2.05) is 12.1 Å². The maximum atomic E-state index is 12.8. The smallest absolute Gasteiger partial charge is 0.123 e. The van der Waals surface area contributed by atoms with Crippen LogP contribution >= 0.6 is 0 Å². The second-order valence-electron chi connectivity index (χ2n) is 4.06. The maximum Gasteiger partial charge on any atom is 0.123 e. The highest BCUT2D eigenvalue weighted by Crippen LogP contribution is 2.31. The van der Waals surface area contributed by atoms with Crippen molar-refractivity contribution in [1.82, 2.24) is 5.32 Å². The fourth-order valence-corrected chi connectivity index (χ4v) is 1.89. The molecule has 1 N–H and O–H groups in total. The third-order valence-corrected chi connectivity index (χ3v) is 2.93. The van der Waals surface area contributed by atoms with Crippen molar-refractivity contribution in [2.24, 2.45) is 0 Å². The van der Waals surface area contributed by atoms with E-state index in [0.717, 1.165) is 31.9 Å². The highest BCUT2D eigenvalue weighted by atomic mass is 19.1. The molecule has 2 nitrogen and oxygen atoms in total. The first-order valence-electron chi connectivity index (χ1n) is 5.31. The Morgan fingerprint density at radius 3 is 2.47 bits per heavy atom. The standard InChI is InChI=1S/C12H16FNO/c1-2-14-7-12(8-15-9-12)10-3-5-11(13)6-4-10/h3-6,14H,2,7-9H2,1H3. The molecule has 0 unspecified atom stereocenters. The van der Waals surface area contributed by atoms with Gasteiger partial charge in [0.25, 0.3) is 0 Å². The number of hydrogen-bond acceptors (Lipinski definition) is 2. The zero-order valence-corrected chi connectivity index (χ0v) is 8.92. The van der Waals surface area contributed by atoms with Crippen molar-refractivity contribution in [2.45, 2.75) is 12.3 Å². The van der Waals surface area contributed by atoms with Gasteiger partial charge in [-0.3, -0.25) is 0 Å². The number of likely N-dealkylation sites (N-methyl/N-ethyl adjacent to an activating group) is 1. The molecule has 15 heavy (non-hydrogen) atoms. The van der Waals surface area contributed by atoms with Crippen molar-refractivity contribution < 1.29 is 9.13 Å². The number of hydrogen-bond donors (Lipinski definition) is 1. The summed E-state index contributed by atoms with van der Waals surface area (Å²) >= 11 is 0. The minimum absolute atomic E-state index is 0.0592. The summed E-state index contributed by atoms with van der Waals surface area (Å²) in [6, 6.07) is 6.74. The molecule has 1 aromatic carbocycles. The summed E-state index contributed by atoms with van der Waals surface area (Å²) in [5.74, 6) is -0.183. The van der Waals surface area contributed by atoms with Gasteiger partial charge in [-0.2, -0.15) is 0 Å². The first kappa shape index (κ1) is 10.6. The van der Waals surface area contributed by atoms with E-state index in [2.05, 4.69) is 12.2 Å². The van der Waals surface area contributed by atoms with Crippen molar-refractivity contribution in [2.75, 3.05) is 26.3 Å². The van der Waals surface area contributed by atoms with Crippen LogP contribution in [-0.2, 0) is 10.2 Å². The van der Waals surface area contributed by atoms with Gasteiger partial charge in [0.1, 0.15) is 5.82 Å². The van der Waals surface area contributed by atoms with E-state index in [1.54, 1.807) is 0 Å². The molecule has 2 rings (SSSR count). The lowest BCUT2D eigenvalue weighted by Crippen LogP contribution is -2.53. The van der Waals surface area contributed by atoms with E-state index in [9.17, 15) is 4.39 Å². The molecule has 0 radical (unpaired) electrons. The Labute approximate surface area is 89.4 Å². The van der Waals surface area contributed by atoms with Crippen LogP contribution in [0.15, 0.2) is 24.3 Å². The minimum Gasteiger partial charge on any atom is -0.379 e. The average molecular weight is 209 g/mol. The van der Waals surface area contributed by atoms with Gasteiger partial charge in [0.2, 0.25) is 0 Å². The number of ether oxygens (including phenoxy) is 1. The molecule has 1 aliphatic rings. The lowest BCUT2D eigenvalue weighted by Gasteiger charge is -2.42. The second-order valence-corrected chi connectivity index (χ2v) is 4.06. The van der Waals surface area contributed by atoms with Crippen molar-refractivity contribution in [3.8, 4) is 0 Å². The van der Waals surface area contributed by atoms with Crippen molar-refractivity contribution in [1.29, 1.82) is 0 Å². The molecule has 1 heterocycles. The van der Waals surface area contributed by atoms with Crippen LogP contribution in [0.4, 0.5) is 4.39 Å². The Hall–Kier alpha value is -0.930. The Kier molecular flexibility index (Phi) is 3.03. The van der Waals surface area contributed by atoms with Gasteiger partial charge in [-0.1, -0.05) is 19.1 Å². The SMILES string of the molecule is CCNCC1(c2ccc(F)cc2)COC1. The molecule has 0 bridgehead atoms. The molecule has 3 heteroatoms. The second kappa shape index (κ2) is 4.29.